The van der Waals surface area contributed by atoms with Crippen molar-refractivity contribution in [2.45, 2.75) is 17.1 Å². The molecule has 0 saturated carbocycles. The van der Waals surface area contributed by atoms with E-state index in [2.05, 4.69) is 0 Å². The third-order valence-electron chi connectivity index (χ3n) is 4.08. The lowest BCUT2D eigenvalue weighted by Crippen LogP contribution is -2.56. The van der Waals surface area contributed by atoms with E-state index in [1.54, 1.807) is 0 Å². The smallest absolute Gasteiger partial charge is 0.308 e. The first kappa shape index (κ1) is 18.1. The average molecular weight is 377 g/mol. The Morgan fingerprint density at radius 1 is 1.04 bits per heavy atom. The molecule has 3 rings (SSSR count). The van der Waals surface area contributed by atoms with Crippen molar-refractivity contribution >= 4 is 21.7 Å². The predicted molar refractivity (Wildman–Crippen MR) is 91.0 cm³/mol. The number of hydrogen-bond donors (Lipinski definition) is 0. The molecule has 0 spiro atoms. The van der Waals surface area contributed by atoms with Crippen molar-refractivity contribution in [2.24, 2.45) is 0 Å². The molecule has 2 aromatic carbocycles. The molecular weight excluding hydrogens is 361 g/mol. The van der Waals surface area contributed by atoms with Gasteiger partial charge < -0.3 is 9.64 Å². The van der Waals surface area contributed by atoms with Crippen LogP contribution in [0.25, 0.3) is 0 Å². The summed E-state index contributed by atoms with van der Waals surface area (Å²) in [6, 6.07) is 10.7. The largest absolute Gasteiger partial charge is 0.427 e. The SMILES string of the molecule is CC(=O)Oc1ccc(C(=O)N2CC(S(=O)(=O)c3ccc(F)cc3)C2)cc1. The van der Waals surface area contributed by atoms with Crippen LogP contribution >= 0.6 is 0 Å². The Labute approximate surface area is 150 Å². The molecule has 2 aromatic rings. The van der Waals surface area contributed by atoms with E-state index in [0.717, 1.165) is 12.1 Å². The van der Waals surface area contributed by atoms with Gasteiger partial charge in [-0.3, -0.25) is 9.59 Å². The van der Waals surface area contributed by atoms with Crippen LogP contribution in [-0.4, -0.2) is 43.5 Å². The van der Waals surface area contributed by atoms with Gasteiger partial charge in [0.2, 0.25) is 0 Å². The number of nitrogens with zero attached hydrogens (tertiary/aromatic N) is 1. The van der Waals surface area contributed by atoms with Gasteiger partial charge in [-0.05, 0) is 48.5 Å². The summed E-state index contributed by atoms with van der Waals surface area (Å²) in [4.78, 5) is 24.7. The second kappa shape index (κ2) is 6.87. The lowest BCUT2D eigenvalue weighted by atomic mass is 10.1. The van der Waals surface area contributed by atoms with Gasteiger partial charge >= 0.3 is 5.97 Å². The number of ether oxygens (including phenoxy) is 1. The van der Waals surface area contributed by atoms with E-state index in [4.69, 9.17) is 4.74 Å². The number of hydrogen-bond acceptors (Lipinski definition) is 5. The van der Waals surface area contributed by atoms with Gasteiger partial charge in [0.1, 0.15) is 16.8 Å². The molecule has 0 unspecified atom stereocenters. The lowest BCUT2D eigenvalue weighted by Gasteiger charge is -2.38. The van der Waals surface area contributed by atoms with Gasteiger partial charge in [0.25, 0.3) is 5.91 Å². The maximum Gasteiger partial charge on any atom is 0.308 e. The number of halogens is 1. The standard InChI is InChI=1S/C18H16FNO5S/c1-12(21)25-15-6-2-13(3-7-15)18(22)20-10-17(11-20)26(23,24)16-8-4-14(19)5-9-16/h2-9,17H,10-11H2,1H3. The quantitative estimate of drug-likeness (QED) is 0.463. The van der Waals surface area contributed by atoms with Crippen LogP contribution in [0, 0.1) is 5.82 Å². The van der Waals surface area contributed by atoms with Crippen LogP contribution in [0.2, 0.25) is 0 Å². The average Bonchev–Trinajstić information content (AvgIpc) is 2.53. The van der Waals surface area contributed by atoms with Crippen molar-refractivity contribution < 1.29 is 27.1 Å². The first-order chi connectivity index (χ1) is 12.3. The fourth-order valence-corrected chi connectivity index (χ4v) is 4.28. The van der Waals surface area contributed by atoms with E-state index in [0.29, 0.717) is 11.3 Å². The number of amides is 1. The van der Waals surface area contributed by atoms with Gasteiger partial charge in [-0.1, -0.05) is 0 Å². The molecule has 1 heterocycles. The molecule has 1 saturated heterocycles. The zero-order valence-electron chi connectivity index (χ0n) is 13.9. The summed E-state index contributed by atoms with van der Waals surface area (Å²) < 4.78 is 42.8. The Morgan fingerprint density at radius 2 is 1.62 bits per heavy atom. The first-order valence-electron chi connectivity index (χ1n) is 7.84. The molecule has 1 fully saturated rings. The number of esters is 1. The summed E-state index contributed by atoms with van der Waals surface area (Å²) in [5, 5.41) is -0.711. The normalized spacial score (nSPS) is 14.6. The molecule has 26 heavy (non-hydrogen) atoms. The summed E-state index contributed by atoms with van der Waals surface area (Å²) in [7, 11) is -3.61. The lowest BCUT2D eigenvalue weighted by molar-refractivity contribution is -0.131. The number of carbonyl (C=O) groups is 2. The van der Waals surface area contributed by atoms with Gasteiger partial charge in [0, 0.05) is 25.6 Å². The molecule has 0 N–H and O–H groups in total. The van der Waals surface area contributed by atoms with E-state index < -0.39 is 26.9 Å². The third-order valence-corrected chi connectivity index (χ3v) is 6.18. The summed E-state index contributed by atoms with van der Waals surface area (Å²) >= 11 is 0. The molecule has 8 heteroatoms. The molecule has 6 nitrogen and oxygen atoms in total. The summed E-state index contributed by atoms with van der Waals surface area (Å²) in [5.74, 6) is -0.938. The van der Waals surface area contributed by atoms with E-state index in [1.165, 1.54) is 48.2 Å². The van der Waals surface area contributed by atoms with Gasteiger partial charge in [-0.25, -0.2) is 12.8 Å². The Bertz CT molecular complexity index is 933. The molecule has 0 aliphatic carbocycles. The minimum Gasteiger partial charge on any atom is -0.427 e. The third kappa shape index (κ3) is 3.60. The Balaban J connectivity index is 1.64. The second-order valence-corrected chi connectivity index (χ2v) is 8.18. The molecule has 136 valence electrons. The molecule has 1 aliphatic heterocycles. The predicted octanol–water partition coefficient (Wildman–Crippen LogP) is 2.05. The molecule has 0 aromatic heterocycles. The van der Waals surface area contributed by atoms with E-state index in [1.807, 2.05) is 0 Å². The number of carbonyl (C=O) groups excluding carboxylic acids is 2. The Morgan fingerprint density at radius 3 is 2.15 bits per heavy atom. The first-order valence-corrected chi connectivity index (χ1v) is 9.39. The number of benzene rings is 2. The number of sulfone groups is 1. The zero-order chi connectivity index (χ0) is 18.9. The molecule has 1 aliphatic rings. The number of rotatable bonds is 4. The Hall–Kier alpha value is -2.74. The maximum absolute atomic E-state index is 13.0. The molecule has 0 radical (unpaired) electrons. The van der Waals surface area contributed by atoms with Crippen molar-refractivity contribution in [1.29, 1.82) is 0 Å². The van der Waals surface area contributed by atoms with Crippen LogP contribution in [0.4, 0.5) is 4.39 Å². The van der Waals surface area contributed by atoms with E-state index in [9.17, 15) is 22.4 Å². The van der Waals surface area contributed by atoms with Gasteiger partial charge in [0.15, 0.2) is 9.84 Å². The highest BCUT2D eigenvalue weighted by molar-refractivity contribution is 7.92. The van der Waals surface area contributed by atoms with Crippen molar-refractivity contribution in [1.82, 2.24) is 4.90 Å². The molecule has 0 bridgehead atoms. The maximum atomic E-state index is 13.0. The van der Waals surface area contributed by atoms with E-state index in [-0.39, 0.29) is 23.9 Å². The zero-order valence-corrected chi connectivity index (χ0v) is 14.7. The Kier molecular flexibility index (Phi) is 4.78. The van der Waals surface area contributed by atoms with Crippen LogP contribution in [-0.2, 0) is 14.6 Å². The van der Waals surface area contributed by atoms with Gasteiger partial charge in [-0.2, -0.15) is 0 Å². The summed E-state index contributed by atoms with van der Waals surface area (Å²) in [6.07, 6.45) is 0. The van der Waals surface area contributed by atoms with Crippen LogP contribution in [0.5, 0.6) is 5.75 Å². The van der Waals surface area contributed by atoms with E-state index >= 15 is 0 Å². The van der Waals surface area contributed by atoms with Crippen LogP contribution < -0.4 is 4.74 Å². The topological polar surface area (TPSA) is 80.8 Å². The fraction of sp³-hybridized carbons (Fsp3) is 0.222. The van der Waals surface area contributed by atoms with Crippen molar-refractivity contribution in [2.75, 3.05) is 13.1 Å². The second-order valence-electron chi connectivity index (χ2n) is 5.95. The monoisotopic (exact) mass is 377 g/mol. The highest BCUT2D eigenvalue weighted by Gasteiger charge is 2.40. The fourth-order valence-electron chi connectivity index (χ4n) is 2.63. The van der Waals surface area contributed by atoms with Crippen molar-refractivity contribution in [3.63, 3.8) is 0 Å². The molecular formula is C18H16FNO5S. The highest BCUT2D eigenvalue weighted by atomic mass is 32.2. The van der Waals surface area contributed by atoms with Gasteiger partial charge in [-0.15, -0.1) is 0 Å². The summed E-state index contributed by atoms with van der Waals surface area (Å²) in [6.45, 7) is 1.43. The molecule has 0 atom stereocenters. The van der Waals surface area contributed by atoms with Crippen LogP contribution in [0.3, 0.4) is 0 Å². The minimum absolute atomic E-state index is 0.0433. The highest BCUT2D eigenvalue weighted by Crippen LogP contribution is 2.25. The van der Waals surface area contributed by atoms with Crippen molar-refractivity contribution in [3.8, 4) is 5.75 Å². The summed E-state index contributed by atoms with van der Waals surface area (Å²) in [5.41, 5.74) is 0.374. The van der Waals surface area contributed by atoms with Gasteiger partial charge in [0.05, 0.1) is 4.90 Å². The van der Waals surface area contributed by atoms with Crippen molar-refractivity contribution in [3.05, 3.63) is 59.9 Å². The molecule has 1 amide bonds. The van der Waals surface area contributed by atoms with Crippen LogP contribution in [0.15, 0.2) is 53.4 Å². The number of likely N-dealkylation sites (tertiary alicyclic amines) is 1. The minimum atomic E-state index is -3.61. The van der Waals surface area contributed by atoms with Crippen LogP contribution in [0.1, 0.15) is 17.3 Å².